The minimum Gasteiger partial charge on any atom is -0.383 e. The summed E-state index contributed by atoms with van der Waals surface area (Å²) >= 11 is 0. The summed E-state index contributed by atoms with van der Waals surface area (Å²) in [4.78, 5) is 0. The van der Waals surface area contributed by atoms with Crippen LogP contribution in [0.15, 0.2) is 0 Å². The molecule has 0 amide bonds. The van der Waals surface area contributed by atoms with Gasteiger partial charge >= 0.3 is 0 Å². The second-order valence-electron chi connectivity index (χ2n) is 5.75. The lowest BCUT2D eigenvalue weighted by atomic mass is 9.79. The molecular weight excluding hydrogens is 204 g/mol. The Labute approximate surface area is 98.9 Å². The van der Waals surface area contributed by atoms with Gasteiger partial charge in [0.1, 0.15) is 0 Å². The third-order valence-electron chi connectivity index (χ3n) is 3.53. The van der Waals surface area contributed by atoms with Gasteiger partial charge in [-0.25, -0.2) is 0 Å². The Kier molecular flexibility index (Phi) is 4.00. The van der Waals surface area contributed by atoms with Crippen LogP contribution in [0.5, 0.6) is 0 Å². The maximum atomic E-state index is 6.09. The molecular formula is C12H26N2O2. The SMILES string of the molecule is COCCNC1(CN)CC(C)(C)OC1(C)C. The number of hydrogen-bond donors (Lipinski definition) is 2. The zero-order valence-corrected chi connectivity index (χ0v) is 11.2. The molecule has 16 heavy (non-hydrogen) atoms. The first-order chi connectivity index (χ1) is 7.29. The van der Waals surface area contributed by atoms with Gasteiger partial charge in [0.05, 0.1) is 23.3 Å². The predicted octanol–water partition coefficient (Wildman–Crippen LogP) is 0.897. The number of rotatable bonds is 5. The lowest BCUT2D eigenvalue weighted by molar-refractivity contribution is -0.0823. The van der Waals surface area contributed by atoms with Gasteiger partial charge in [0.2, 0.25) is 0 Å². The molecule has 4 heteroatoms. The van der Waals surface area contributed by atoms with Crippen LogP contribution in [0.3, 0.4) is 0 Å². The normalized spacial score (nSPS) is 31.9. The minimum atomic E-state index is -0.251. The first-order valence-electron chi connectivity index (χ1n) is 5.93. The number of ether oxygens (including phenoxy) is 2. The first-order valence-corrected chi connectivity index (χ1v) is 5.93. The van der Waals surface area contributed by atoms with Gasteiger partial charge in [0, 0.05) is 20.2 Å². The van der Waals surface area contributed by atoms with E-state index < -0.39 is 0 Å². The Bertz CT molecular complexity index is 241. The van der Waals surface area contributed by atoms with Crippen molar-refractivity contribution in [2.75, 3.05) is 26.8 Å². The van der Waals surface area contributed by atoms with E-state index in [1.165, 1.54) is 0 Å². The largest absolute Gasteiger partial charge is 0.383 e. The molecule has 1 rings (SSSR count). The van der Waals surface area contributed by atoms with Gasteiger partial charge < -0.3 is 20.5 Å². The zero-order valence-electron chi connectivity index (χ0n) is 11.2. The van der Waals surface area contributed by atoms with Crippen LogP contribution in [0.25, 0.3) is 0 Å². The van der Waals surface area contributed by atoms with E-state index in [1.807, 2.05) is 0 Å². The van der Waals surface area contributed by atoms with E-state index in [-0.39, 0.29) is 16.7 Å². The highest BCUT2D eigenvalue weighted by atomic mass is 16.5. The molecule has 0 aliphatic carbocycles. The van der Waals surface area contributed by atoms with Gasteiger partial charge in [-0.15, -0.1) is 0 Å². The molecule has 1 saturated heterocycles. The Morgan fingerprint density at radius 1 is 1.31 bits per heavy atom. The van der Waals surface area contributed by atoms with Crippen LogP contribution in [0.2, 0.25) is 0 Å². The number of nitrogens with two attached hydrogens (primary N) is 1. The number of methoxy groups -OCH3 is 1. The van der Waals surface area contributed by atoms with Crippen molar-refractivity contribution in [1.82, 2.24) is 5.32 Å². The Balaban J connectivity index is 2.77. The topological polar surface area (TPSA) is 56.5 Å². The maximum Gasteiger partial charge on any atom is 0.0827 e. The number of hydrogen-bond acceptors (Lipinski definition) is 4. The van der Waals surface area contributed by atoms with E-state index in [1.54, 1.807) is 7.11 Å². The summed E-state index contributed by atoms with van der Waals surface area (Å²) in [6.07, 6.45) is 0.924. The van der Waals surface area contributed by atoms with Crippen molar-refractivity contribution in [3.63, 3.8) is 0 Å². The molecule has 1 aliphatic rings. The van der Waals surface area contributed by atoms with Crippen LogP contribution < -0.4 is 11.1 Å². The molecule has 0 bridgehead atoms. The van der Waals surface area contributed by atoms with Crippen molar-refractivity contribution in [3.8, 4) is 0 Å². The zero-order chi connectivity index (χ0) is 12.4. The fourth-order valence-corrected chi connectivity index (χ4v) is 2.82. The Morgan fingerprint density at radius 3 is 2.31 bits per heavy atom. The van der Waals surface area contributed by atoms with Crippen molar-refractivity contribution in [2.24, 2.45) is 5.73 Å². The molecule has 1 heterocycles. The maximum absolute atomic E-state index is 6.09. The van der Waals surface area contributed by atoms with Crippen molar-refractivity contribution in [1.29, 1.82) is 0 Å². The standard InChI is InChI=1S/C12H26N2O2/c1-10(2)8-12(9-13,11(3,4)16-10)14-6-7-15-5/h14H,6-9,13H2,1-5H3. The van der Waals surface area contributed by atoms with E-state index >= 15 is 0 Å². The first kappa shape index (κ1) is 13.9. The van der Waals surface area contributed by atoms with Crippen molar-refractivity contribution >= 4 is 0 Å². The highest BCUT2D eigenvalue weighted by Gasteiger charge is 2.56. The van der Waals surface area contributed by atoms with Gasteiger partial charge in [0.15, 0.2) is 0 Å². The molecule has 1 unspecified atom stereocenters. The van der Waals surface area contributed by atoms with Gasteiger partial charge in [-0.05, 0) is 34.1 Å². The third-order valence-corrected chi connectivity index (χ3v) is 3.53. The summed E-state index contributed by atoms with van der Waals surface area (Å²) in [5.41, 5.74) is 5.43. The van der Waals surface area contributed by atoms with Gasteiger partial charge in [-0.1, -0.05) is 0 Å². The smallest absolute Gasteiger partial charge is 0.0827 e. The second-order valence-corrected chi connectivity index (χ2v) is 5.75. The molecule has 1 atom stereocenters. The Morgan fingerprint density at radius 2 is 1.94 bits per heavy atom. The molecule has 0 aromatic rings. The van der Waals surface area contributed by atoms with E-state index in [0.717, 1.165) is 13.0 Å². The molecule has 0 aromatic heterocycles. The fraction of sp³-hybridized carbons (Fsp3) is 1.00. The van der Waals surface area contributed by atoms with Gasteiger partial charge in [-0.2, -0.15) is 0 Å². The van der Waals surface area contributed by atoms with Crippen LogP contribution in [-0.2, 0) is 9.47 Å². The summed E-state index contributed by atoms with van der Waals surface area (Å²) in [5.74, 6) is 0. The van der Waals surface area contributed by atoms with Gasteiger partial charge in [-0.3, -0.25) is 0 Å². The van der Waals surface area contributed by atoms with Crippen LogP contribution >= 0.6 is 0 Å². The van der Waals surface area contributed by atoms with Crippen molar-refractivity contribution in [2.45, 2.75) is 50.9 Å². The summed E-state index contributed by atoms with van der Waals surface area (Å²) in [6, 6.07) is 0. The molecule has 0 saturated carbocycles. The summed E-state index contributed by atoms with van der Waals surface area (Å²) in [6.45, 7) is 10.5. The number of nitrogens with one attached hydrogen (secondary N) is 1. The van der Waals surface area contributed by atoms with Gasteiger partial charge in [0.25, 0.3) is 0 Å². The highest BCUT2D eigenvalue weighted by molar-refractivity contribution is 5.12. The quantitative estimate of drug-likeness (QED) is 0.689. The molecule has 0 aromatic carbocycles. The third kappa shape index (κ3) is 2.56. The van der Waals surface area contributed by atoms with Crippen LogP contribution in [0, 0.1) is 0 Å². The van der Waals surface area contributed by atoms with Crippen LogP contribution in [0.4, 0.5) is 0 Å². The van der Waals surface area contributed by atoms with E-state index in [4.69, 9.17) is 15.2 Å². The lowest BCUT2D eigenvalue weighted by Crippen LogP contribution is -2.62. The van der Waals surface area contributed by atoms with Crippen LogP contribution in [0.1, 0.15) is 34.1 Å². The van der Waals surface area contributed by atoms with E-state index in [9.17, 15) is 0 Å². The van der Waals surface area contributed by atoms with Crippen LogP contribution in [-0.4, -0.2) is 43.5 Å². The summed E-state index contributed by atoms with van der Waals surface area (Å²) in [5, 5.41) is 3.52. The molecule has 4 nitrogen and oxygen atoms in total. The average Bonchev–Trinajstić information content (AvgIpc) is 2.32. The average molecular weight is 230 g/mol. The monoisotopic (exact) mass is 230 g/mol. The minimum absolute atomic E-state index is 0.122. The second kappa shape index (κ2) is 4.61. The van der Waals surface area contributed by atoms with E-state index in [0.29, 0.717) is 13.2 Å². The van der Waals surface area contributed by atoms with Crippen molar-refractivity contribution < 1.29 is 9.47 Å². The molecule has 0 spiro atoms. The highest BCUT2D eigenvalue weighted by Crippen LogP contribution is 2.44. The molecule has 96 valence electrons. The summed E-state index contributed by atoms with van der Waals surface area (Å²) in [7, 11) is 1.71. The van der Waals surface area contributed by atoms with E-state index in [2.05, 4.69) is 33.0 Å². The fourth-order valence-electron chi connectivity index (χ4n) is 2.82. The molecule has 1 aliphatic heterocycles. The molecule has 0 radical (unpaired) electrons. The molecule has 3 N–H and O–H groups in total. The summed E-state index contributed by atoms with van der Waals surface area (Å²) < 4.78 is 11.2. The Hall–Kier alpha value is -0.160. The molecule has 1 fully saturated rings. The lowest BCUT2D eigenvalue weighted by Gasteiger charge is -2.39. The van der Waals surface area contributed by atoms with Crippen molar-refractivity contribution in [3.05, 3.63) is 0 Å². The predicted molar refractivity (Wildman–Crippen MR) is 65.5 cm³/mol.